The molecule has 0 aliphatic rings. The zero-order chi connectivity index (χ0) is 12.1. The number of nitrogens with two attached hydrogens (primary N) is 1. The first kappa shape index (κ1) is 12.7. The van der Waals surface area contributed by atoms with Crippen molar-refractivity contribution >= 4 is 27.8 Å². The zero-order valence-corrected chi connectivity index (χ0v) is 10.1. The number of aliphatic carboxylic acids is 1. The second-order valence-corrected chi connectivity index (χ2v) is 4.44. The van der Waals surface area contributed by atoms with Crippen LogP contribution in [0.2, 0.25) is 0 Å². The molecule has 16 heavy (non-hydrogen) atoms. The second-order valence-electron chi connectivity index (χ2n) is 3.52. The van der Waals surface area contributed by atoms with Gasteiger partial charge in [0.2, 0.25) is 5.91 Å². The van der Waals surface area contributed by atoms with E-state index in [1.54, 1.807) is 18.2 Å². The van der Waals surface area contributed by atoms with Gasteiger partial charge in [-0.05, 0) is 17.7 Å². The van der Waals surface area contributed by atoms with Gasteiger partial charge in [-0.1, -0.05) is 28.1 Å². The highest BCUT2D eigenvalue weighted by atomic mass is 79.9. The molecule has 5 heteroatoms. The molecular weight excluding hydrogens is 274 g/mol. The highest BCUT2D eigenvalue weighted by Crippen LogP contribution is 2.25. The minimum atomic E-state index is -0.939. The van der Waals surface area contributed by atoms with Crippen LogP contribution in [-0.2, 0) is 9.59 Å². The van der Waals surface area contributed by atoms with E-state index in [0.29, 0.717) is 0 Å². The molecule has 0 saturated carbocycles. The van der Waals surface area contributed by atoms with Crippen molar-refractivity contribution in [1.29, 1.82) is 0 Å². The summed E-state index contributed by atoms with van der Waals surface area (Å²) in [5.41, 5.74) is 5.90. The van der Waals surface area contributed by atoms with Gasteiger partial charge >= 0.3 is 5.97 Å². The lowest BCUT2D eigenvalue weighted by Crippen LogP contribution is -2.17. The van der Waals surface area contributed by atoms with Gasteiger partial charge in [0.15, 0.2) is 0 Å². The first-order valence-corrected chi connectivity index (χ1v) is 5.54. The van der Waals surface area contributed by atoms with E-state index in [4.69, 9.17) is 10.8 Å². The number of rotatable bonds is 5. The van der Waals surface area contributed by atoms with Crippen LogP contribution < -0.4 is 5.73 Å². The van der Waals surface area contributed by atoms with Crippen molar-refractivity contribution in [2.75, 3.05) is 0 Å². The SMILES string of the molecule is NC(=O)CC(CC(=O)O)c1cccc(Br)c1. The third-order valence-corrected chi connectivity index (χ3v) is 2.68. The summed E-state index contributed by atoms with van der Waals surface area (Å²) in [7, 11) is 0. The number of hydrogen-bond donors (Lipinski definition) is 2. The molecular formula is C11H12BrNO3. The molecule has 0 aromatic heterocycles. The molecule has 1 amide bonds. The summed E-state index contributed by atoms with van der Waals surface area (Å²) in [6, 6.07) is 7.23. The summed E-state index contributed by atoms with van der Waals surface area (Å²) in [5, 5.41) is 8.76. The highest BCUT2D eigenvalue weighted by molar-refractivity contribution is 9.10. The second kappa shape index (κ2) is 5.65. The van der Waals surface area contributed by atoms with E-state index >= 15 is 0 Å². The predicted octanol–water partition coefficient (Wildman–Crippen LogP) is 1.88. The Balaban J connectivity index is 2.90. The largest absolute Gasteiger partial charge is 0.481 e. The molecule has 0 fully saturated rings. The molecule has 3 N–H and O–H groups in total. The maximum Gasteiger partial charge on any atom is 0.303 e. The number of amides is 1. The molecule has 0 radical (unpaired) electrons. The number of carboxylic acids is 1. The quantitative estimate of drug-likeness (QED) is 0.867. The molecule has 1 atom stereocenters. The van der Waals surface area contributed by atoms with Crippen molar-refractivity contribution in [3.05, 3.63) is 34.3 Å². The Bertz CT molecular complexity index is 390. The Kier molecular flexibility index (Phi) is 4.49. The number of carbonyl (C=O) groups excluding carboxylic acids is 1. The molecule has 0 aliphatic carbocycles. The number of hydrogen-bond acceptors (Lipinski definition) is 2. The van der Waals surface area contributed by atoms with Crippen molar-refractivity contribution < 1.29 is 14.7 Å². The molecule has 0 heterocycles. The van der Waals surface area contributed by atoms with Crippen LogP contribution in [0.5, 0.6) is 0 Å². The van der Waals surface area contributed by atoms with E-state index in [1.807, 2.05) is 6.07 Å². The topological polar surface area (TPSA) is 80.4 Å². The molecule has 1 aromatic rings. The van der Waals surface area contributed by atoms with Crippen LogP contribution in [0.1, 0.15) is 24.3 Å². The summed E-state index contributed by atoms with van der Waals surface area (Å²) in [6.45, 7) is 0. The lowest BCUT2D eigenvalue weighted by atomic mass is 9.92. The maximum absolute atomic E-state index is 10.9. The van der Waals surface area contributed by atoms with Crippen LogP contribution >= 0.6 is 15.9 Å². The first-order valence-electron chi connectivity index (χ1n) is 4.74. The van der Waals surface area contributed by atoms with Crippen LogP contribution in [0.3, 0.4) is 0 Å². The molecule has 86 valence electrons. The van der Waals surface area contributed by atoms with E-state index in [-0.39, 0.29) is 18.8 Å². The van der Waals surface area contributed by atoms with Gasteiger partial charge in [0, 0.05) is 16.8 Å². The van der Waals surface area contributed by atoms with Gasteiger partial charge in [0.05, 0.1) is 6.42 Å². The standard InChI is InChI=1S/C11H12BrNO3/c12-9-3-1-2-7(4-9)8(5-10(13)14)6-11(15)16/h1-4,8H,5-6H2,(H2,13,14)(H,15,16). The van der Waals surface area contributed by atoms with Crippen LogP contribution in [0.15, 0.2) is 28.7 Å². The third kappa shape index (κ3) is 4.02. The fourth-order valence-electron chi connectivity index (χ4n) is 1.52. The number of carboxylic acid groups (broad SMARTS) is 1. The molecule has 1 aromatic carbocycles. The van der Waals surface area contributed by atoms with Crippen LogP contribution in [0.25, 0.3) is 0 Å². The molecule has 0 saturated heterocycles. The number of primary amides is 1. The molecule has 1 rings (SSSR count). The average molecular weight is 286 g/mol. The van der Waals surface area contributed by atoms with Gasteiger partial charge < -0.3 is 10.8 Å². The number of benzene rings is 1. The van der Waals surface area contributed by atoms with Gasteiger partial charge in [-0.25, -0.2) is 0 Å². The Morgan fingerprint density at radius 2 is 2.06 bits per heavy atom. The van der Waals surface area contributed by atoms with Gasteiger partial charge in [0.1, 0.15) is 0 Å². The van der Waals surface area contributed by atoms with Crippen molar-refractivity contribution in [1.82, 2.24) is 0 Å². The average Bonchev–Trinajstić information content (AvgIpc) is 2.15. The summed E-state index contributed by atoms with van der Waals surface area (Å²) in [5.74, 6) is -1.80. The van der Waals surface area contributed by atoms with Crippen molar-refractivity contribution in [3.8, 4) is 0 Å². The molecule has 4 nitrogen and oxygen atoms in total. The fourth-order valence-corrected chi connectivity index (χ4v) is 1.94. The first-order chi connectivity index (χ1) is 7.49. The minimum Gasteiger partial charge on any atom is -0.481 e. The third-order valence-electron chi connectivity index (χ3n) is 2.19. The number of carbonyl (C=O) groups is 2. The molecule has 0 aliphatic heterocycles. The summed E-state index contributed by atoms with van der Waals surface area (Å²) >= 11 is 3.30. The lowest BCUT2D eigenvalue weighted by molar-refractivity contribution is -0.137. The summed E-state index contributed by atoms with van der Waals surface area (Å²) in [6.07, 6.45) is -0.0534. The van der Waals surface area contributed by atoms with Crippen LogP contribution in [0, 0.1) is 0 Å². The van der Waals surface area contributed by atoms with E-state index in [9.17, 15) is 9.59 Å². The molecule has 0 bridgehead atoms. The maximum atomic E-state index is 10.9. The van der Waals surface area contributed by atoms with Crippen molar-refractivity contribution in [2.24, 2.45) is 5.73 Å². The summed E-state index contributed by atoms with van der Waals surface area (Å²) < 4.78 is 0.852. The molecule has 1 unspecified atom stereocenters. The Morgan fingerprint density at radius 3 is 2.56 bits per heavy atom. The Labute approximate surface area is 102 Å². The van der Waals surface area contributed by atoms with E-state index in [0.717, 1.165) is 10.0 Å². The van der Waals surface area contributed by atoms with Gasteiger partial charge in [0.25, 0.3) is 0 Å². The molecule has 0 spiro atoms. The number of halogens is 1. The zero-order valence-electron chi connectivity index (χ0n) is 8.52. The van der Waals surface area contributed by atoms with Crippen LogP contribution in [-0.4, -0.2) is 17.0 Å². The fraction of sp³-hybridized carbons (Fsp3) is 0.273. The van der Waals surface area contributed by atoms with E-state index < -0.39 is 11.9 Å². The lowest BCUT2D eigenvalue weighted by Gasteiger charge is -2.13. The van der Waals surface area contributed by atoms with Gasteiger partial charge in [-0.15, -0.1) is 0 Å². The van der Waals surface area contributed by atoms with Crippen LogP contribution in [0.4, 0.5) is 0 Å². The predicted molar refractivity (Wildman–Crippen MR) is 62.9 cm³/mol. The Hall–Kier alpha value is -1.36. The van der Waals surface area contributed by atoms with Gasteiger partial charge in [-0.2, -0.15) is 0 Å². The van der Waals surface area contributed by atoms with Crippen molar-refractivity contribution in [3.63, 3.8) is 0 Å². The normalized spacial score (nSPS) is 12.1. The van der Waals surface area contributed by atoms with Gasteiger partial charge in [-0.3, -0.25) is 9.59 Å². The van der Waals surface area contributed by atoms with E-state index in [1.165, 1.54) is 0 Å². The smallest absolute Gasteiger partial charge is 0.303 e. The van der Waals surface area contributed by atoms with Crippen molar-refractivity contribution in [2.45, 2.75) is 18.8 Å². The highest BCUT2D eigenvalue weighted by Gasteiger charge is 2.18. The minimum absolute atomic E-state index is 0.0444. The van der Waals surface area contributed by atoms with E-state index in [2.05, 4.69) is 15.9 Å². The summed E-state index contributed by atoms with van der Waals surface area (Å²) in [4.78, 5) is 21.6. The Morgan fingerprint density at radius 1 is 1.38 bits per heavy atom. The monoisotopic (exact) mass is 285 g/mol.